The molecule has 1 amide bonds. The number of hydrogen-bond acceptors (Lipinski definition) is 10. The number of aromatic hydroxyl groups is 1. The lowest BCUT2D eigenvalue weighted by Crippen LogP contribution is -2.46. The van der Waals surface area contributed by atoms with Crippen molar-refractivity contribution >= 4 is 55.8 Å². The zero-order valence-electron chi connectivity index (χ0n) is 27.5. The Bertz CT molecular complexity index is 2130. The summed E-state index contributed by atoms with van der Waals surface area (Å²) in [5.74, 6) is 0.149. The quantitative estimate of drug-likeness (QED) is 0.219. The summed E-state index contributed by atoms with van der Waals surface area (Å²) >= 11 is -0.750. The number of phenols is 1. The standard InChI is InChI=1S/C18H20N2O4S.C17H17N3O.O2S/c1-3-25(23,24)20-15-7-5-4-6-13(15)11-16(20)18(22)19-14-10-12(2)8-9-17(14)21;1-3-20-14-7-5-4-6-12(14)9-15(20)17-19-13-8-11(2)10-18-16(13)21-17;1-3-2/h4-10,16,21H,3,11H2,1-2H3,(H,19,22);4-8,10,15H,3,9H2,1-2H3;. The molecule has 2 atom stereocenters. The number of anilines is 3. The maximum absolute atomic E-state index is 12.8. The van der Waals surface area contributed by atoms with Gasteiger partial charge in [0.25, 0.3) is 0 Å². The van der Waals surface area contributed by atoms with Gasteiger partial charge in [0.1, 0.15) is 23.3 Å². The van der Waals surface area contributed by atoms with Gasteiger partial charge in [0.2, 0.25) is 27.5 Å². The topological polar surface area (TPSA) is 163 Å². The highest BCUT2D eigenvalue weighted by Crippen LogP contribution is 2.40. The van der Waals surface area contributed by atoms with Crippen LogP contribution in [0.3, 0.4) is 0 Å². The van der Waals surface area contributed by atoms with E-state index in [1.807, 2.05) is 38.2 Å². The first-order valence-corrected chi connectivity index (χ1v) is 18.0. The Morgan fingerprint density at radius 2 is 1.61 bits per heavy atom. The van der Waals surface area contributed by atoms with E-state index >= 15 is 0 Å². The van der Waals surface area contributed by atoms with Crippen LogP contribution in [0.1, 0.15) is 48.0 Å². The SMILES string of the molecule is CCN1c2ccccc2CC1c1nc2cc(C)cnc2o1.CCS(=O)(=O)N1c2ccccc2CC1C(=O)Nc1cc(C)ccc1O.O=S=O. The summed E-state index contributed by atoms with van der Waals surface area (Å²) in [7, 11) is -3.61. The summed E-state index contributed by atoms with van der Waals surface area (Å²) < 4.78 is 48.8. The normalized spacial score (nSPS) is 16.2. The number of nitrogens with one attached hydrogen (secondary N) is 1. The number of aryl methyl sites for hydroxylation is 2. The highest BCUT2D eigenvalue weighted by atomic mass is 32.2. The van der Waals surface area contributed by atoms with E-state index in [0.717, 1.165) is 41.1 Å². The van der Waals surface area contributed by atoms with E-state index < -0.39 is 33.5 Å². The number of pyridine rings is 1. The van der Waals surface area contributed by atoms with Gasteiger partial charge in [-0.3, -0.25) is 9.10 Å². The summed E-state index contributed by atoms with van der Waals surface area (Å²) in [6.45, 7) is 8.52. The number of carbonyl (C=O) groups excluding carboxylic acids is 1. The lowest BCUT2D eigenvalue weighted by molar-refractivity contribution is -0.117. The number of para-hydroxylation sites is 2. The van der Waals surface area contributed by atoms with Crippen LogP contribution in [-0.4, -0.2) is 56.2 Å². The molecule has 4 heterocycles. The second-order valence-corrected chi connectivity index (χ2v) is 13.9. The fraction of sp³-hybridized carbons (Fsp3) is 0.286. The maximum atomic E-state index is 12.8. The number of carbonyl (C=O) groups is 1. The average Bonchev–Trinajstić information content (AvgIpc) is 3.80. The lowest BCUT2D eigenvalue weighted by Gasteiger charge is -2.25. The van der Waals surface area contributed by atoms with Crippen LogP contribution in [0, 0.1) is 13.8 Å². The molecule has 2 aromatic heterocycles. The van der Waals surface area contributed by atoms with Gasteiger partial charge in [-0.1, -0.05) is 42.5 Å². The van der Waals surface area contributed by atoms with E-state index in [1.165, 1.54) is 21.6 Å². The molecule has 2 aliphatic heterocycles. The molecular formula is C35H37N5O7S2. The third-order valence-electron chi connectivity index (χ3n) is 8.42. The molecule has 12 nitrogen and oxygen atoms in total. The van der Waals surface area contributed by atoms with E-state index in [9.17, 15) is 18.3 Å². The van der Waals surface area contributed by atoms with Crippen molar-refractivity contribution in [2.45, 2.75) is 52.6 Å². The van der Waals surface area contributed by atoms with Crippen molar-refractivity contribution < 1.29 is 31.2 Å². The minimum Gasteiger partial charge on any atom is -0.506 e. The van der Waals surface area contributed by atoms with Gasteiger partial charge in [-0.2, -0.15) is 8.42 Å². The minimum atomic E-state index is -3.61. The number of benzene rings is 3. The average molecular weight is 704 g/mol. The molecular weight excluding hydrogens is 667 g/mol. The first kappa shape index (κ1) is 35.2. The lowest BCUT2D eigenvalue weighted by atomic mass is 10.1. The molecule has 14 heteroatoms. The number of rotatable bonds is 6. The van der Waals surface area contributed by atoms with Crippen molar-refractivity contribution in [1.82, 2.24) is 9.97 Å². The Morgan fingerprint density at radius 1 is 0.959 bits per heavy atom. The number of likely N-dealkylation sites (N-methyl/N-ethyl adjacent to an activating group) is 1. The molecule has 2 unspecified atom stereocenters. The monoisotopic (exact) mass is 703 g/mol. The molecule has 0 saturated heterocycles. The number of fused-ring (bicyclic) bond motifs is 3. The van der Waals surface area contributed by atoms with Crippen molar-refractivity contribution in [2.24, 2.45) is 0 Å². The van der Waals surface area contributed by atoms with Gasteiger partial charge >= 0.3 is 11.6 Å². The second-order valence-electron chi connectivity index (χ2n) is 11.6. The fourth-order valence-corrected chi connectivity index (χ4v) is 7.46. The molecule has 5 aromatic rings. The highest BCUT2D eigenvalue weighted by molar-refractivity contribution is 7.92. The van der Waals surface area contributed by atoms with Gasteiger partial charge in [-0.15, -0.1) is 0 Å². The van der Waals surface area contributed by atoms with E-state index in [-0.39, 0.29) is 23.2 Å². The Morgan fingerprint density at radius 3 is 2.29 bits per heavy atom. The molecule has 2 N–H and O–H groups in total. The fourth-order valence-electron chi connectivity index (χ4n) is 6.15. The number of aromatic nitrogens is 2. The number of phenolic OH excluding ortho intramolecular Hbond substituents is 1. The van der Waals surface area contributed by atoms with Crippen LogP contribution in [0.2, 0.25) is 0 Å². The molecule has 256 valence electrons. The Labute approximate surface area is 288 Å². The Hall–Kier alpha value is -5.08. The first-order valence-electron chi connectivity index (χ1n) is 15.7. The minimum absolute atomic E-state index is 0.0561. The van der Waals surface area contributed by atoms with E-state index in [4.69, 9.17) is 12.8 Å². The van der Waals surface area contributed by atoms with Crippen molar-refractivity contribution in [3.63, 3.8) is 0 Å². The third kappa shape index (κ3) is 7.50. The molecule has 0 fully saturated rings. The van der Waals surface area contributed by atoms with Crippen molar-refractivity contribution in [3.8, 4) is 5.75 Å². The predicted octanol–water partition coefficient (Wildman–Crippen LogP) is 5.40. The molecule has 0 bridgehead atoms. The van der Waals surface area contributed by atoms with Gasteiger partial charge in [0.05, 0.1) is 17.1 Å². The van der Waals surface area contributed by atoms with Gasteiger partial charge in [-0.25, -0.2) is 18.4 Å². The molecule has 49 heavy (non-hydrogen) atoms. The Balaban J connectivity index is 0.000000179. The van der Waals surface area contributed by atoms with Crippen LogP contribution in [-0.2, 0) is 39.2 Å². The van der Waals surface area contributed by atoms with Crippen molar-refractivity contribution in [3.05, 3.63) is 107 Å². The van der Waals surface area contributed by atoms with E-state index in [1.54, 1.807) is 31.2 Å². The van der Waals surface area contributed by atoms with Crippen LogP contribution in [0.5, 0.6) is 5.75 Å². The summed E-state index contributed by atoms with van der Waals surface area (Å²) in [4.78, 5) is 24.1. The van der Waals surface area contributed by atoms with E-state index in [2.05, 4.69) is 51.4 Å². The number of oxazole rings is 1. The zero-order valence-corrected chi connectivity index (χ0v) is 29.1. The number of nitrogens with zero attached hydrogens (tertiary/aromatic N) is 4. The number of amides is 1. The first-order chi connectivity index (χ1) is 23.5. The molecule has 0 spiro atoms. The van der Waals surface area contributed by atoms with Crippen molar-refractivity contribution in [1.29, 1.82) is 0 Å². The zero-order chi connectivity index (χ0) is 35.3. The van der Waals surface area contributed by atoms with Crippen LogP contribution in [0.25, 0.3) is 11.2 Å². The maximum Gasteiger partial charge on any atom is 0.335 e. The van der Waals surface area contributed by atoms with Crippen LogP contribution in [0.4, 0.5) is 17.1 Å². The smallest absolute Gasteiger partial charge is 0.335 e. The van der Waals surface area contributed by atoms with Crippen LogP contribution in [0.15, 0.2) is 83.4 Å². The largest absolute Gasteiger partial charge is 0.506 e. The van der Waals surface area contributed by atoms with Gasteiger partial charge in [0, 0.05) is 31.3 Å². The highest BCUT2D eigenvalue weighted by Gasteiger charge is 2.41. The second kappa shape index (κ2) is 15.0. The molecule has 0 saturated carbocycles. The van der Waals surface area contributed by atoms with Crippen LogP contribution >= 0.6 is 0 Å². The Kier molecular flexibility index (Phi) is 10.8. The van der Waals surface area contributed by atoms with Crippen LogP contribution < -0.4 is 14.5 Å². The van der Waals surface area contributed by atoms with Gasteiger partial charge in [0.15, 0.2) is 0 Å². The number of sulfonamides is 1. The summed E-state index contributed by atoms with van der Waals surface area (Å²) in [6.07, 6.45) is 3.06. The summed E-state index contributed by atoms with van der Waals surface area (Å²) in [5.41, 5.74) is 7.72. The summed E-state index contributed by atoms with van der Waals surface area (Å²) in [6, 6.07) is 21.8. The van der Waals surface area contributed by atoms with Gasteiger partial charge in [-0.05, 0) is 80.3 Å². The summed E-state index contributed by atoms with van der Waals surface area (Å²) in [5, 5.41) is 12.6. The predicted molar refractivity (Wildman–Crippen MR) is 189 cm³/mol. The molecule has 0 radical (unpaired) electrons. The molecule has 3 aromatic carbocycles. The molecule has 2 aliphatic rings. The van der Waals surface area contributed by atoms with E-state index in [0.29, 0.717) is 17.8 Å². The number of hydrogen-bond donors (Lipinski definition) is 2. The molecule has 0 aliphatic carbocycles. The van der Waals surface area contributed by atoms with Crippen molar-refractivity contribution in [2.75, 3.05) is 26.8 Å². The van der Waals surface area contributed by atoms with Gasteiger partial charge < -0.3 is 19.7 Å². The third-order valence-corrected chi connectivity index (χ3v) is 10.2. The molecule has 7 rings (SSSR count).